The van der Waals surface area contributed by atoms with E-state index in [-0.39, 0.29) is 5.97 Å². The molecule has 2 rings (SSSR count). The lowest BCUT2D eigenvalue weighted by Crippen LogP contribution is -2.04. The quantitative estimate of drug-likeness (QED) is 0.800. The highest BCUT2D eigenvalue weighted by Crippen LogP contribution is 2.18. The molecule has 0 unspecified atom stereocenters. The van der Waals surface area contributed by atoms with Gasteiger partial charge in [-0.05, 0) is 24.6 Å². The van der Waals surface area contributed by atoms with Gasteiger partial charge < -0.3 is 9.72 Å². The largest absolute Gasteiger partial charge is 0.461 e. The van der Waals surface area contributed by atoms with Gasteiger partial charge in [0.1, 0.15) is 5.69 Å². The minimum absolute atomic E-state index is 0.315. The number of rotatable bonds is 3. The Morgan fingerprint density at radius 1 is 1.19 bits per heavy atom. The number of H-pyrrole nitrogens is 1. The summed E-state index contributed by atoms with van der Waals surface area (Å²) in [5.41, 5.74) is 2.46. The van der Waals surface area contributed by atoms with Crippen LogP contribution in [0.25, 0.3) is 11.3 Å². The maximum Gasteiger partial charge on any atom is 0.354 e. The fraction of sp³-hybridized carbons (Fsp3) is 0.154. The van der Waals surface area contributed by atoms with Crippen molar-refractivity contribution in [1.82, 2.24) is 4.98 Å². The van der Waals surface area contributed by atoms with Crippen LogP contribution < -0.4 is 0 Å². The van der Waals surface area contributed by atoms with E-state index in [0.717, 1.165) is 11.3 Å². The van der Waals surface area contributed by atoms with E-state index >= 15 is 0 Å². The Kier molecular flexibility index (Phi) is 3.05. The van der Waals surface area contributed by atoms with Crippen LogP contribution in [0.3, 0.4) is 0 Å². The van der Waals surface area contributed by atoms with Gasteiger partial charge in [-0.15, -0.1) is 0 Å². The number of carbonyl (C=O) groups excluding carboxylic acids is 1. The van der Waals surface area contributed by atoms with Crippen LogP contribution in [-0.2, 0) is 4.74 Å². The molecule has 0 saturated carbocycles. The molecule has 0 aliphatic rings. The molecule has 0 spiro atoms. The zero-order valence-electron chi connectivity index (χ0n) is 9.07. The molecule has 82 valence electrons. The molecule has 1 heterocycles. The second-order valence-electron chi connectivity index (χ2n) is 3.37. The lowest BCUT2D eigenvalue weighted by Gasteiger charge is -1.99. The van der Waals surface area contributed by atoms with Crippen LogP contribution in [0.5, 0.6) is 0 Å². The number of benzene rings is 1. The highest BCUT2D eigenvalue weighted by molar-refractivity contribution is 5.88. The maximum atomic E-state index is 11.4. The summed E-state index contributed by atoms with van der Waals surface area (Å²) < 4.78 is 4.91. The Morgan fingerprint density at radius 2 is 1.94 bits per heavy atom. The third kappa shape index (κ3) is 2.14. The maximum absolute atomic E-state index is 11.4. The van der Waals surface area contributed by atoms with Crippen molar-refractivity contribution >= 4 is 5.97 Å². The van der Waals surface area contributed by atoms with Crippen molar-refractivity contribution in [2.45, 2.75) is 6.92 Å². The van der Waals surface area contributed by atoms with E-state index in [2.05, 4.69) is 4.98 Å². The number of esters is 1. The molecule has 0 aliphatic carbocycles. The van der Waals surface area contributed by atoms with Gasteiger partial charge in [-0.1, -0.05) is 30.3 Å². The topological polar surface area (TPSA) is 42.1 Å². The zero-order chi connectivity index (χ0) is 11.4. The third-order valence-electron chi connectivity index (χ3n) is 2.27. The van der Waals surface area contributed by atoms with Gasteiger partial charge in [-0.2, -0.15) is 0 Å². The van der Waals surface area contributed by atoms with Crippen LogP contribution in [0.1, 0.15) is 17.4 Å². The molecule has 3 heteroatoms. The summed E-state index contributed by atoms with van der Waals surface area (Å²) in [6, 6.07) is 13.5. The molecule has 1 aromatic heterocycles. The van der Waals surface area contributed by atoms with Crippen LogP contribution in [-0.4, -0.2) is 17.6 Å². The number of aromatic amines is 1. The first-order valence-corrected chi connectivity index (χ1v) is 5.23. The van der Waals surface area contributed by atoms with E-state index in [1.54, 1.807) is 13.0 Å². The molecule has 2 aromatic rings. The van der Waals surface area contributed by atoms with Gasteiger partial charge in [0.15, 0.2) is 0 Å². The van der Waals surface area contributed by atoms with Gasteiger partial charge in [0, 0.05) is 5.69 Å². The number of ether oxygens (including phenoxy) is 1. The molecule has 0 amide bonds. The fourth-order valence-corrected chi connectivity index (χ4v) is 1.51. The highest BCUT2D eigenvalue weighted by atomic mass is 16.5. The van der Waals surface area contributed by atoms with E-state index in [0.29, 0.717) is 12.3 Å². The molecule has 0 atom stereocenters. The van der Waals surface area contributed by atoms with Gasteiger partial charge >= 0.3 is 5.97 Å². The lowest BCUT2D eigenvalue weighted by atomic mass is 10.2. The van der Waals surface area contributed by atoms with Crippen molar-refractivity contribution in [3.05, 3.63) is 48.2 Å². The fourth-order valence-electron chi connectivity index (χ4n) is 1.51. The first kappa shape index (κ1) is 10.5. The summed E-state index contributed by atoms with van der Waals surface area (Å²) in [5.74, 6) is -0.315. The third-order valence-corrected chi connectivity index (χ3v) is 2.27. The van der Waals surface area contributed by atoms with Crippen molar-refractivity contribution in [3.63, 3.8) is 0 Å². The van der Waals surface area contributed by atoms with E-state index in [9.17, 15) is 4.79 Å². The van der Waals surface area contributed by atoms with Crippen molar-refractivity contribution in [1.29, 1.82) is 0 Å². The van der Waals surface area contributed by atoms with Crippen molar-refractivity contribution < 1.29 is 9.53 Å². The monoisotopic (exact) mass is 215 g/mol. The number of hydrogen-bond donors (Lipinski definition) is 1. The molecule has 3 nitrogen and oxygen atoms in total. The predicted octanol–water partition coefficient (Wildman–Crippen LogP) is 2.86. The molecule has 0 saturated heterocycles. The summed E-state index contributed by atoms with van der Waals surface area (Å²) in [7, 11) is 0. The zero-order valence-corrected chi connectivity index (χ0v) is 9.07. The second-order valence-corrected chi connectivity index (χ2v) is 3.37. The number of aromatic nitrogens is 1. The van der Waals surface area contributed by atoms with E-state index in [1.807, 2.05) is 36.4 Å². The van der Waals surface area contributed by atoms with E-state index < -0.39 is 0 Å². The van der Waals surface area contributed by atoms with Crippen LogP contribution in [0, 0.1) is 0 Å². The Hall–Kier alpha value is -2.03. The summed E-state index contributed by atoms with van der Waals surface area (Å²) in [6.45, 7) is 2.18. The molecule has 0 radical (unpaired) electrons. The SMILES string of the molecule is CCOC(=O)c1ccc(-c2ccccc2)[nH]1. The minimum atomic E-state index is -0.315. The van der Waals surface area contributed by atoms with Gasteiger partial charge in [0.25, 0.3) is 0 Å². The number of nitrogens with one attached hydrogen (secondary N) is 1. The summed E-state index contributed by atoms with van der Waals surface area (Å²) in [4.78, 5) is 14.5. The first-order chi connectivity index (χ1) is 7.81. The van der Waals surface area contributed by atoms with Gasteiger partial charge in [0.05, 0.1) is 6.61 Å². The minimum Gasteiger partial charge on any atom is -0.461 e. The predicted molar refractivity (Wildman–Crippen MR) is 62.2 cm³/mol. The van der Waals surface area contributed by atoms with Crippen LogP contribution in [0.15, 0.2) is 42.5 Å². The van der Waals surface area contributed by atoms with Gasteiger partial charge in [-0.25, -0.2) is 4.79 Å². The smallest absolute Gasteiger partial charge is 0.354 e. The highest BCUT2D eigenvalue weighted by Gasteiger charge is 2.09. The van der Waals surface area contributed by atoms with Gasteiger partial charge in [-0.3, -0.25) is 0 Å². The number of carbonyl (C=O) groups is 1. The lowest BCUT2D eigenvalue weighted by molar-refractivity contribution is 0.0520. The molecule has 1 aromatic carbocycles. The molecule has 0 aliphatic heterocycles. The molecule has 0 bridgehead atoms. The summed E-state index contributed by atoms with van der Waals surface area (Å²) >= 11 is 0. The molecular weight excluding hydrogens is 202 g/mol. The molecule has 0 fully saturated rings. The van der Waals surface area contributed by atoms with Crippen LogP contribution in [0.4, 0.5) is 0 Å². The first-order valence-electron chi connectivity index (χ1n) is 5.23. The molecule has 16 heavy (non-hydrogen) atoms. The standard InChI is InChI=1S/C13H13NO2/c1-2-16-13(15)12-9-8-11(14-12)10-6-4-3-5-7-10/h3-9,14H,2H2,1H3. The van der Waals surface area contributed by atoms with E-state index in [1.165, 1.54) is 0 Å². The Morgan fingerprint density at radius 3 is 2.62 bits per heavy atom. The van der Waals surface area contributed by atoms with Crippen molar-refractivity contribution in [2.75, 3.05) is 6.61 Å². The Bertz CT molecular complexity index is 474. The molecule has 1 N–H and O–H groups in total. The molecular formula is C13H13NO2. The second kappa shape index (κ2) is 4.66. The van der Waals surface area contributed by atoms with Crippen LogP contribution >= 0.6 is 0 Å². The van der Waals surface area contributed by atoms with Crippen molar-refractivity contribution in [3.8, 4) is 11.3 Å². The average Bonchev–Trinajstić information content (AvgIpc) is 2.80. The van der Waals surface area contributed by atoms with E-state index in [4.69, 9.17) is 4.74 Å². The number of hydrogen-bond acceptors (Lipinski definition) is 2. The Labute approximate surface area is 94.1 Å². The summed E-state index contributed by atoms with van der Waals surface area (Å²) in [5, 5.41) is 0. The van der Waals surface area contributed by atoms with Crippen LogP contribution in [0.2, 0.25) is 0 Å². The average molecular weight is 215 g/mol. The normalized spacial score (nSPS) is 10.1. The van der Waals surface area contributed by atoms with Gasteiger partial charge in [0.2, 0.25) is 0 Å². The van der Waals surface area contributed by atoms with Crippen molar-refractivity contribution in [2.24, 2.45) is 0 Å². The summed E-state index contributed by atoms with van der Waals surface area (Å²) in [6.07, 6.45) is 0. The Balaban J connectivity index is 2.23.